The lowest BCUT2D eigenvalue weighted by molar-refractivity contribution is 0.0142. The standard InChI is InChI=1S/C16H27NO3S/c1-6-17(11-13(2)3)12-16(4,18)14-7-9-15(10-8-14)21(5,19)20/h7-10,13,18H,6,11-12H2,1-5H3. The highest BCUT2D eigenvalue weighted by atomic mass is 32.2. The Labute approximate surface area is 128 Å². The average Bonchev–Trinajstić information content (AvgIpc) is 2.36. The fraction of sp³-hybridized carbons (Fsp3) is 0.625. The summed E-state index contributed by atoms with van der Waals surface area (Å²) in [7, 11) is -3.20. The Morgan fingerprint density at radius 3 is 2.14 bits per heavy atom. The van der Waals surface area contributed by atoms with Crippen molar-refractivity contribution in [1.82, 2.24) is 4.90 Å². The lowest BCUT2D eigenvalue weighted by Gasteiger charge is -2.32. The van der Waals surface area contributed by atoms with Crippen LogP contribution in [0, 0.1) is 5.92 Å². The maximum Gasteiger partial charge on any atom is 0.175 e. The van der Waals surface area contributed by atoms with Crippen LogP contribution in [-0.4, -0.2) is 44.3 Å². The first kappa shape index (κ1) is 18.1. The molecule has 1 N–H and O–H groups in total. The van der Waals surface area contributed by atoms with Crippen molar-refractivity contribution in [1.29, 1.82) is 0 Å². The summed E-state index contributed by atoms with van der Waals surface area (Å²) in [5.41, 5.74) is -0.266. The van der Waals surface area contributed by atoms with E-state index in [9.17, 15) is 13.5 Å². The van der Waals surface area contributed by atoms with Crippen LogP contribution >= 0.6 is 0 Å². The van der Waals surface area contributed by atoms with Gasteiger partial charge in [0.2, 0.25) is 0 Å². The van der Waals surface area contributed by atoms with Crippen LogP contribution in [0.2, 0.25) is 0 Å². The molecule has 0 aliphatic rings. The number of likely N-dealkylation sites (N-methyl/N-ethyl adjacent to an activating group) is 1. The Morgan fingerprint density at radius 2 is 1.76 bits per heavy atom. The zero-order chi connectivity index (χ0) is 16.3. The van der Waals surface area contributed by atoms with Crippen LogP contribution in [-0.2, 0) is 15.4 Å². The summed E-state index contributed by atoms with van der Waals surface area (Å²) in [4.78, 5) is 2.48. The molecule has 21 heavy (non-hydrogen) atoms. The highest BCUT2D eigenvalue weighted by Crippen LogP contribution is 2.23. The molecule has 1 rings (SSSR count). The molecule has 0 spiro atoms. The van der Waals surface area contributed by atoms with Gasteiger partial charge in [-0.15, -0.1) is 0 Å². The molecular formula is C16H27NO3S. The quantitative estimate of drug-likeness (QED) is 0.839. The number of nitrogens with zero attached hydrogens (tertiary/aromatic N) is 1. The van der Waals surface area contributed by atoms with Crippen LogP contribution in [0.25, 0.3) is 0 Å². The largest absolute Gasteiger partial charge is 0.384 e. The number of rotatable bonds is 7. The highest BCUT2D eigenvalue weighted by molar-refractivity contribution is 7.90. The molecule has 0 fully saturated rings. The van der Waals surface area contributed by atoms with Gasteiger partial charge in [0.05, 0.1) is 10.5 Å². The molecule has 120 valence electrons. The van der Waals surface area contributed by atoms with Crippen molar-refractivity contribution in [2.24, 2.45) is 5.92 Å². The van der Waals surface area contributed by atoms with Crippen molar-refractivity contribution in [2.45, 2.75) is 38.2 Å². The fourth-order valence-corrected chi connectivity index (χ4v) is 3.04. The monoisotopic (exact) mass is 313 g/mol. The van der Waals surface area contributed by atoms with Gasteiger partial charge in [0.1, 0.15) is 0 Å². The normalized spacial score (nSPS) is 15.4. The van der Waals surface area contributed by atoms with Crippen molar-refractivity contribution >= 4 is 9.84 Å². The van der Waals surface area contributed by atoms with Gasteiger partial charge in [0.15, 0.2) is 9.84 Å². The predicted molar refractivity (Wildman–Crippen MR) is 86.1 cm³/mol. The van der Waals surface area contributed by atoms with E-state index in [4.69, 9.17) is 0 Å². The maximum atomic E-state index is 11.5. The molecule has 4 nitrogen and oxygen atoms in total. The Hall–Kier alpha value is -0.910. The van der Waals surface area contributed by atoms with Crippen molar-refractivity contribution in [3.05, 3.63) is 29.8 Å². The van der Waals surface area contributed by atoms with E-state index in [2.05, 4.69) is 25.7 Å². The Kier molecular flexibility index (Phi) is 5.96. The molecule has 0 saturated carbocycles. The van der Waals surface area contributed by atoms with Gasteiger partial charge in [-0.1, -0.05) is 32.9 Å². The van der Waals surface area contributed by atoms with E-state index in [0.717, 1.165) is 18.7 Å². The van der Waals surface area contributed by atoms with Crippen molar-refractivity contribution in [2.75, 3.05) is 25.9 Å². The number of hydrogen-bond acceptors (Lipinski definition) is 4. The Morgan fingerprint density at radius 1 is 1.24 bits per heavy atom. The lowest BCUT2D eigenvalue weighted by atomic mass is 9.95. The zero-order valence-electron chi connectivity index (χ0n) is 13.6. The maximum absolute atomic E-state index is 11.5. The minimum Gasteiger partial charge on any atom is -0.384 e. The fourth-order valence-electron chi connectivity index (χ4n) is 2.41. The smallest absolute Gasteiger partial charge is 0.175 e. The van der Waals surface area contributed by atoms with E-state index in [0.29, 0.717) is 12.5 Å². The molecule has 0 radical (unpaired) electrons. The van der Waals surface area contributed by atoms with E-state index in [1.54, 1.807) is 31.2 Å². The number of aliphatic hydroxyl groups is 1. The van der Waals surface area contributed by atoms with Crippen LogP contribution in [0.4, 0.5) is 0 Å². The molecule has 0 bridgehead atoms. The molecule has 0 aliphatic heterocycles. The molecule has 1 atom stereocenters. The molecule has 0 aliphatic carbocycles. The van der Waals surface area contributed by atoms with Crippen LogP contribution in [0.3, 0.4) is 0 Å². The first-order valence-electron chi connectivity index (χ1n) is 7.31. The molecular weight excluding hydrogens is 286 g/mol. The molecule has 0 amide bonds. The molecule has 0 aromatic heterocycles. The SMILES string of the molecule is CCN(CC(C)C)CC(C)(O)c1ccc(S(C)(=O)=O)cc1. The first-order chi connectivity index (χ1) is 9.56. The predicted octanol–water partition coefficient (Wildman–Crippen LogP) is 2.28. The van der Waals surface area contributed by atoms with E-state index < -0.39 is 15.4 Å². The minimum atomic E-state index is -3.20. The van der Waals surface area contributed by atoms with Gasteiger partial charge in [0.25, 0.3) is 0 Å². The molecule has 1 aromatic carbocycles. The van der Waals surface area contributed by atoms with Crippen molar-refractivity contribution in [3.8, 4) is 0 Å². The third-order valence-corrected chi connectivity index (χ3v) is 4.63. The van der Waals surface area contributed by atoms with Gasteiger partial charge < -0.3 is 10.0 Å². The molecule has 5 heteroatoms. The van der Waals surface area contributed by atoms with E-state index >= 15 is 0 Å². The zero-order valence-corrected chi connectivity index (χ0v) is 14.4. The van der Waals surface area contributed by atoms with Gasteiger partial charge in [-0.2, -0.15) is 0 Å². The number of hydrogen-bond donors (Lipinski definition) is 1. The van der Waals surface area contributed by atoms with Crippen molar-refractivity contribution < 1.29 is 13.5 Å². The second-order valence-electron chi connectivity index (χ2n) is 6.29. The summed E-state index contributed by atoms with van der Waals surface area (Å²) in [6.07, 6.45) is 1.18. The summed E-state index contributed by atoms with van der Waals surface area (Å²) in [6, 6.07) is 6.49. The Bertz CT molecular complexity index is 547. The third-order valence-electron chi connectivity index (χ3n) is 3.51. The van der Waals surface area contributed by atoms with Crippen LogP contribution in [0.5, 0.6) is 0 Å². The Balaban J connectivity index is 2.91. The first-order valence-corrected chi connectivity index (χ1v) is 9.20. The highest BCUT2D eigenvalue weighted by Gasteiger charge is 2.26. The van der Waals surface area contributed by atoms with Crippen LogP contribution < -0.4 is 0 Å². The van der Waals surface area contributed by atoms with Gasteiger partial charge in [0, 0.05) is 19.3 Å². The minimum absolute atomic E-state index is 0.275. The van der Waals surface area contributed by atoms with E-state index in [1.165, 1.54) is 6.26 Å². The van der Waals surface area contributed by atoms with Crippen LogP contribution in [0.1, 0.15) is 33.3 Å². The summed E-state index contributed by atoms with van der Waals surface area (Å²) in [5, 5.41) is 10.7. The van der Waals surface area contributed by atoms with Crippen LogP contribution in [0.15, 0.2) is 29.2 Å². The summed E-state index contributed by atoms with van der Waals surface area (Å²) >= 11 is 0. The van der Waals surface area contributed by atoms with E-state index in [1.807, 2.05) is 0 Å². The number of sulfone groups is 1. The third kappa shape index (κ3) is 5.41. The van der Waals surface area contributed by atoms with Gasteiger partial charge in [-0.25, -0.2) is 8.42 Å². The van der Waals surface area contributed by atoms with Gasteiger partial charge in [-0.3, -0.25) is 0 Å². The summed E-state index contributed by atoms with van der Waals surface area (Å²) < 4.78 is 22.9. The molecule has 0 heterocycles. The average molecular weight is 313 g/mol. The lowest BCUT2D eigenvalue weighted by Crippen LogP contribution is -2.40. The summed E-state index contributed by atoms with van der Waals surface area (Å²) in [6.45, 7) is 10.5. The van der Waals surface area contributed by atoms with E-state index in [-0.39, 0.29) is 4.90 Å². The van der Waals surface area contributed by atoms with Gasteiger partial charge >= 0.3 is 0 Å². The topological polar surface area (TPSA) is 57.6 Å². The molecule has 1 unspecified atom stereocenters. The number of benzene rings is 1. The second kappa shape index (κ2) is 6.90. The second-order valence-corrected chi connectivity index (χ2v) is 8.31. The summed E-state index contributed by atoms with van der Waals surface area (Å²) in [5.74, 6) is 0.536. The molecule has 0 saturated heterocycles. The molecule has 1 aromatic rings. The van der Waals surface area contributed by atoms with Crippen molar-refractivity contribution in [3.63, 3.8) is 0 Å². The van der Waals surface area contributed by atoms with Gasteiger partial charge in [-0.05, 0) is 37.1 Å².